The Kier molecular flexibility index (Phi) is 4.59. The van der Waals surface area contributed by atoms with E-state index < -0.39 is 5.41 Å². The first-order valence-corrected chi connectivity index (χ1v) is 10.1. The zero-order valence-corrected chi connectivity index (χ0v) is 15.9. The van der Waals surface area contributed by atoms with E-state index in [1.54, 1.807) is 11.3 Å². The zero-order valence-electron chi connectivity index (χ0n) is 15.1. The van der Waals surface area contributed by atoms with Gasteiger partial charge in [0, 0.05) is 37.0 Å². The Balaban J connectivity index is 1.60. The summed E-state index contributed by atoms with van der Waals surface area (Å²) in [4.78, 5) is 19.7. The number of rotatable bonds is 4. The summed E-state index contributed by atoms with van der Waals surface area (Å²) in [6.45, 7) is 4.52. The lowest BCUT2D eigenvalue weighted by molar-refractivity contribution is -0.149. The highest BCUT2D eigenvalue weighted by Gasteiger charge is 2.48. The van der Waals surface area contributed by atoms with Crippen LogP contribution in [0.3, 0.4) is 0 Å². The van der Waals surface area contributed by atoms with Gasteiger partial charge in [0.05, 0.1) is 22.7 Å². The van der Waals surface area contributed by atoms with Gasteiger partial charge in [0.2, 0.25) is 5.91 Å². The first kappa shape index (κ1) is 17.6. The van der Waals surface area contributed by atoms with Gasteiger partial charge in [0.1, 0.15) is 0 Å². The molecule has 1 aromatic heterocycles. The van der Waals surface area contributed by atoms with E-state index in [9.17, 15) is 9.90 Å². The van der Waals surface area contributed by atoms with Gasteiger partial charge in [-0.1, -0.05) is 30.3 Å². The van der Waals surface area contributed by atoms with Crippen molar-refractivity contribution in [1.29, 1.82) is 0 Å². The Morgan fingerprint density at radius 3 is 2.46 bits per heavy atom. The molecule has 0 spiro atoms. The van der Waals surface area contributed by atoms with Crippen LogP contribution in [0.2, 0.25) is 0 Å². The first-order chi connectivity index (χ1) is 12.6. The maximum absolute atomic E-state index is 12.9. The van der Waals surface area contributed by atoms with Crippen molar-refractivity contribution < 1.29 is 9.90 Å². The SMILES string of the molecule is Cc1nc(C2(c3ccccc3)CCN(C(=O)C3(CO)CNC3)CC2)cs1. The molecule has 0 atom stereocenters. The van der Waals surface area contributed by atoms with Gasteiger partial charge in [-0.15, -0.1) is 11.3 Å². The Morgan fingerprint density at radius 2 is 1.96 bits per heavy atom. The highest BCUT2D eigenvalue weighted by molar-refractivity contribution is 7.09. The Morgan fingerprint density at radius 1 is 1.27 bits per heavy atom. The molecule has 4 rings (SSSR count). The number of piperidine rings is 1. The Bertz CT molecular complexity index is 772. The maximum atomic E-state index is 12.9. The molecule has 0 saturated carbocycles. The number of carbonyl (C=O) groups excluding carboxylic acids is 1. The number of likely N-dealkylation sites (tertiary alicyclic amines) is 1. The van der Waals surface area contributed by atoms with Crippen molar-refractivity contribution >= 4 is 17.2 Å². The number of thiazole rings is 1. The molecule has 0 aliphatic carbocycles. The number of benzene rings is 1. The largest absolute Gasteiger partial charge is 0.395 e. The van der Waals surface area contributed by atoms with E-state index in [1.165, 1.54) is 5.56 Å². The summed E-state index contributed by atoms with van der Waals surface area (Å²) in [5.74, 6) is 0.0925. The summed E-state index contributed by atoms with van der Waals surface area (Å²) in [5, 5.41) is 16.1. The number of carbonyl (C=O) groups is 1. The summed E-state index contributed by atoms with van der Waals surface area (Å²) >= 11 is 1.69. The third-order valence-electron chi connectivity index (χ3n) is 6.02. The minimum atomic E-state index is -0.607. The topological polar surface area (TPSA) is 65.5 Å². The van der Waals surface area contributed by atoms with Crippen LogP contribution >= 0.6 is 11.3 Å². The minimum absolute atomic E-state index is 0.0789. The molecular weight excluding hydrogens is 346 g/mol. The molecule has 26 heavy (non-hydrogen) atoms. The summed E-state index contributed by atoms with van der Waals surface area (Å²) in [6.07, 6.45) is 1.72. The third kappa shape index (κ3) is 2.76. The number of amides is 1. The summed E-state index contributed by atoms with van der Waals surface area (Å²) in [5.41, 5.74) is 1.66. The second-order valence-corrected chi connectivity index (χ2v) is 8.60. The van der Waals surface area contributed by atoms with Gasteiger partial charge >= 0.3 is 0 Å². The van der Waals surface area contributed by atoms with E-state index in [0.717, 1.165) is 23.5 Å². The van der Waals surface area contributed by atoms with Gasteiger partial charge in [-0.2, -0.15) is 0 Å². The smallest absolute Gasteiger partial charge is 0.233 e. The number of hydrogen-bond acceptors (Lipinski definition) is 5. The molecule has 2 aliphatic heterocycles. The fraction of sp³-hybridized carbons (Fsp3) is 0.500. The van der Waals surface area contributed by atoms with Crippen molar-refractivity contribution in [2.45, 2.75) is 25.2 Å². The quantitative estimate of drug-likeness (QED) is 0.862. The Labute approximate surface area is 158 Å². The average Bonchev–Trinajstić information content (AvgIpc) is 3.09. The second-order valence-electron chi connectivity index (χ2n) is 7.53. The van der Waals surface area contributed by atoms with Crippen molar-refractivity contribution in [2.24, 2.45) is 5.41 Å². The van der Waals surface area contributed by atoms with Crippen LogP contribution in [0.1, 0.15) is 29.1 Å². The summed E-state index contributed by atoms with van der Waals surface area (Å²) in [6, 6.07) is 10.6. The predicted molar refractivity (Wildman–Crippen MR) is 102 cm³/mol. The highest BCUT2D eigenvalue weighted by atomic mass is 32.1. The molecule has 0 radical (unpaired) electrons. The first-order valence-electron chi connectivity index (χ1n) is 9.19. The van der Waals surface area contributed by atoms with E-state index in [4.69, 9.17) is 4.98 Å². The van der Waals surface area contributed by atoms with Crippen LogP contribution < -0.4 is 5.32 Å². The highest BCUT2D eigenvalue weighted by Crippen LogP contribution is 2.42. The molecule has 5 nitrogen and oxygen atoms in total. The number of nitrogens with one attached hydrogen (secondary N) is 1. The van der Waals surface area contributed by atoms with E-state index in [-0.39, 0.29) is 17.9 Å². The van der Waals surface area contributed by atoms with Crippen molar-refractivity contribution in [3.05, 3.63) is 52.0 Å². The lowest BCUT2D eigenvalue weighted by Gasteiger charge is -2.47. The van der Waals surface area contributed by atoms with Crippen LogP contribution in [-0.4, -0.2) is 53.7 Å². The molecule has 0 unspecified atom stereocenters. The van der Waals surface area contributed by atoms with Gasteiger partial charge < -0.3 is 15.3 Å². The fourth-order valence-electron chi connectivity index (χ4n) is 4.22. The number of aliphatic hydroxyl groups excluding tert-OH is 1. The van der Waals surface area contributed by atoms with Crippen LogP contribution in [0, 0.1) is 12.3 Å². The molecule has 0 bridgehead atoms. The molecule has 2 fully saturated rings. The fourth-order valence-corrected chi connectivity index (χ4v) is 4.93. The lowest BCUT2D eigenvalue weighted by Crippen LogP contribution is -2.65. The number of hydrogen-bond donors (Lipinski definition) is 2. The van der Waals surface area contributed by atoms with Gasteiger partial charge in [0.15, 0.2) is 0 Å². The summed E-state index contributed by atoms with van der Waals surface area (Å²) < 4.78 is 0. The molecule has 2 aliphatic rings. The molecule has 1 amide bonds. The normalized spacial score (nSPS) is 21.2. The third-order valence-corrected chi connectivity index (χ3v) is 6.80. The van der Waals surface area contributed by atoms with Crippen LogP contribution in [-0.2, 0) is 10.2 Å². The average molecular weight is 372 g/mol. The van der Waals surface area contributed by atoms with Gasteiger partial charge in [-0.3, -0.25) is 4.79 Å². The van der Waals surface area contributed by atoms with Crippen LogP contribution in [0.15, 0.2) is 35.7 Å². The monoisotopic (exact) mass is 371 g/mol. The number of aryl methyl sites for hydroxylation is 1. The van der Waals surface area contributed by atoms with Gasteiger partial charge in [-0.25, -0.2) is 4.98 Å². The van der Waals surface area contributed by atoms with Crippen LogP contribution in [0.25, 0.3) is 0 Å². The van der Waals surface area contributed by atoms with Crippen molar-refractivity contribution in [2.75, 3.05) is 32.8 Å². The minimum Gasteiger partial charge on any atom is -0.395 e. The standard InChI is InChI=1S/C20H25N3O2S/c1-15-22-17(11-26-15)20(16-5-3-2-4-6-16)7-9-23(10-8-20)18(25)19(14-24)12-21-13-19/h2-6,11,21,24H,7-10,12-14H2,1H3. The summed E-state index contributed by atoms with van der Waals surface area (Å²) in [7, 11) is 0. The number of nitrogens with zero attached hydrogens (tertiary/aromatic N) is 2. The van der Waals surface area contributed by atoms with Crippen molar-refractivity contribution in [3.8, 4) is 0 Å². The molecular formula is C20H25N3O2S. The molecule has 138 valence electrons. The zero-order chi connectivity index (χ0) is 18.2. The van der Waals surface area contributed by atoms with Crippen molar-refractivity contribution in [3.63, 3.8) is 0 Å². The second kappa shape index (κ2) is 6.76. The van der Waals surface area contributed by atoms with E-state index in [1.807, 2.05) is 17.9 Å². The van der Waals surface area contributed by atoms with E-state index in [0.29, 0.717) is 26.2 Å². The molecule has 1 aromatic carbocycles. The Hall–Kier alpha value is -1.76. The van der Waals surface area contributed by atoms with Gasteiger partial charge in [-0.05, 0) is 25.3 Å². The van der Waals surface area contributed by atoms with Crippen molar-refractivity contribution in [1.82, 2.24) is 15.2 Å². The predicted octanol–water partition coefficient (Wildman–Crippen LogP) is 1.94. The van der Waals surface area contributed by atoms with Gasteiger partial charge in [0.25, 0.3) is 0 Å². The molecule has 2 saturated heterocycles. The molecule has 2 N–H and O–H groups in total. The van der Waals surface area contributed by atoms with Crippen LogP contribution in [0.4, 0.5) is 0 Å². The van der Waals surface area contributed by atoms with E-state index >= 15 is 0 Å². The lowest BCUT2D eigenvalue weighted by atomic mass is 9.70. The van der Waals surface area contributed by atoms with E-state index in [2.05, 4.69) is 35.0 Å². The molecule has 3 heterocycles. The molecule has 2 aromatic rings. The maximum Gasteiger partial charge on any atom is 0.233 e. The number of aromatic nitrogens is 1. The number of aliphatic hydroxyl groups is 1. The van der Waals surface area contributed by atoms with Crippen LogP contribution in [0.5, 0.6) is 0 Å². The molecule has 6 heteroatoms.